The molecule has 0 aliphatic rings. The van der Waals surface area contributed by atoms with Gasteiger partial charge in [-0.15, -0.1) is 0 Å². The Morgan fingerprint density at radius 3 is 2.67 bits per heavy atom. The molecular formula is C15H13FN2O3. The Balaban J connectivity index is 2.03. The van der Waals surface area contributed by atoms with Crippen LogP contribution in [-0.4, -0.2) is 22.0 Å². The molecule has 2 aromatic rings. The van der Waals surface area contributed by atoms with Crippen LogP contribution in [0.3, 0.4) is 0 Å². The molecule has 0 fully saturated rings. The number of aromatic nitrogens is 1. The number of nitrogens with zero attached hydrogens (tertiary/aromatic N) is 1. The molecule has 0 atom stereocenters. The van der Waals surface area contributed by atoms with E-state index >= 15 is 0 Å². The molecule has 2 rings (SSSR count). The lowest BCUT2D eigenvalue weighted by Gasteiger charge is -2.09. The minimum atomic E-state index is -1.42. The van der Waals surface area contributed by atoms with E-state index in [9.17, 15) is 14.0 Å². The average Bonchev–Trinajstić information content (AvgIpc) is 2.46. The Bertz CT molecular complexity index is 659. The number of carbonyl (C=O) groups is 2. The second-order valence-electron chi connectivity index (χ2n) is 4.34. The molecule has 0 aliphatic heterocycles. The van der Waals surface area contributed by atoms with Gasteiger partial charge in [0, 0.05) is 18.3 Å². The fourth-order valence-electron chi connectivity index (χ4n) is 1.85. The molecule has 1 amide bonds. The first-order chi connectivity index (χ1) is 10.1. The van der Waals surface area contributed by atoms with Crippen LogP contribution < -0.4 is 5.32 Å². The summed E-state index contributed by atoms with van der Waals surface area (Å²) in [5.41, 5.74) is 0.169. The summed E-state index contributed by atoms with van der Waals surface area (Å²) in [6.07, 6.45) is 2.18. The third kappa shape index (κ3) is 3.85. The van der Waals surface area contributed by atoms with Crippen LogP contribution in [0.15, 0.2) is 42.6 Å². The zero-order valence-corrected chi connectivity index (χ0v) is 11.0. The van der Waals surface area contributed by atoms with Crippen LogP contribution in [0.25, 0.3) is 0 Å². The zero-order chi connectivity index (χ0) is 15.2. The van der Waals surface area contributed by atoms with E-state index in [1.807, 2.05) is 6.07 Å². The topological polar surface area (TPSA) is 79.3 Å². The van der Waals surface area contributed by atoms with Crippen LogP contribution in [-0.2, 0) is 11.2 Å². The number of amides is 1. The van der Waals surface area contributed by atoms with Crippen molar-refractivity contribution in [2.75, 3.05) is 5.32 Å². The van der Waals surface area contributed by atoms with Gasteiger partial charge in [0.05, 0.1) is 5.69 Å². The van der Waals surface area contributed by atoms with Gasteiger partial charge in [0.2, 0.25) is 5.91 Å². The van der Waals surface area contributed by atoms with E-state index in [0.29, 0.717) is 6.42 Å². The number of nitrogens with one attached hydrogen (secondary N) is 1. The standard InChI is InChI=1S/C15H13FN2O3/c16-11-5-3-6-12(14(11)15(20)21)18-13(19)8-7-10-4-1-2-9-17-10/h1-6,9H,7-8H2,(H,18,19)(H,20,21). The summed E-state index contributed by atoms with van der Waals surface area (Å²) in [6, 6.07) is 9.11. The van der Waals surface area contributed by atoms with Crippen LogP contribution in [0.2, 0.25) is 0 Å². The molecular weight excluding hydrogens is 275 g/mol. The van der Waals surface area contributed by atoms with E-state index in [0.717, 1.165) is 11.8 Å². The van der Waals surface area contributed by atoms with E-state index in [1.165, 1.54) is 12.1 Å². The lowest BCUT2D eigenvalue weighted by atomic mass is 10.1. The molecule has 2 N–H and O–H groups in total. The fraction of sp³-hybridized carbons (Fsp3) is 0.133. The Labute approximate surface area is 120 Å². The van der Waals surface area contributed by atoms with E-state index in [1.54, 1.807) is 18.3 Å². The molecule has 6 heteroatoms. The van der Waals surface area contributed by atoms with Crippen molar-refractivity contribution < 1.29 is 19.1 Å². The van der Waals surface area contributed by atoms with Crippen molar-refractivity contribution in [3.63, 3.8) is 0 Å². The summed E-state index contributed by atoms with van der Waals surface area (Å²) in [6.45, 7) is 0. The van der Waals surface area contributed by atoms with Crippen molar-refractivity contribution in [2.24, 2.45) is 0 Å². The second kappa shape index (κ2) is 6.60. The quantitative estimate of drug-likeness (QED) is 0.886. The van der Waals surface area contributed by atoms with Crippen LogP contribution in [0.5, 0.6) is 0 Å². The Morgan fingerprint density at radius 1 is 1.19 bits per heavy atom. The number of hydrogen-bond acceptors (Lipinski definition) is 3. The van der Waals surface area contributed by atoms with Crippen LogP contribution in [0.1, 0.15) is 22.5 Å². The Morgan fingerprint density at radius 2 is 2.00 bits per heavy atom. The normalized spacial score (nSPS) is 10.1. The maximum atomic E-state index is 13.5. The smallest absolute Gasteiger partial charge is 0.340 e. The molecule has 1 aromatic carbocycles. The molecule has 1 aromatic heterocycles. The summed E-state index contributed by atoms with van der Waals surface area (Å²) in [7, 11) is 0. The molecule has 0 saturated carbocycles. The summed E-state index contributed by atoms with van der Waals surface area (Å²) in [4.78, 5) is 26.9. The number of carboxylic acids is 1. The number of hydrogen-bond donors (Lipinski definition) is 2. The molecule has 0 spiro atoms. The highest BCUT2D eigenvalue weighted by molar-refractivity contribution is 6.00. The molecule has 0 bridgehead atoms. The van der Waals surface area contributed by atoms with Crippen molar-refractivity contribution in [2.45, 2.75) is 12.8 Å². The van der Waals surface area contributed by atoms with Crippen LogP contribution in [0.4, 0.5) is 10.1 Å². The first kappa shape index (κ1) is 14.6. The highest BCUT2D eigenvalue weighted by Crippen LogP contribution is 2.19. The molecule has 0 radical (unpaired) electrons. The van der Waals surface area contributed by atoms with Gasteiger partial charge in [-0.1, -0.05) is 12.1 Å². The minimum absolute atomic E-state index is 0.0477. The monoisotopic (exact) mass is 288 g/mol. The zero-order valence-electron chi connectivity index (χ0n) is 11.0. The Kier molecular flexibility index (Phi) is 4.61. The highest BCUT2D eigenvalue weighted by Gasteiger charge is 2.17. The first-order valence-electron chi connectivity index (χ1n) is 6.29. The van der Waals surface area contributed by atoms with Crippen LogP contribution in [0, 0.1) is 5.82 Å². The largest absolute Gasteiger partial charge is 0.478 e. The average molecular weight is 288 g/mol. The van der Waals surface area contributed by atoms with Gasteiger partial charge in [-0.25, -0.2) is 9.18 Å². The molecule has 0 aliphatic carbocycles. The molecule has 5 nitrogen and oxygen atoms in total. The number of halogens is 1. The van der Waals surface area contributed by atoms with Crippen LogP contribution >= 0.6 is 0 Å². The van der Waals surface area contributed by atoms with Gasteiger partial charge in [0.25, 0.3) is 0 Å². The van der Waals surface area contributed by atoms with Gasteiger partial charge in [0.15, 0.2) is 0 Å². The Hall–Kier alpha value is -2.76. The summed E-state index contributed by atoms with van der Waals surface area (Å²) < 4.78 is 13.5. The minimum Gasteiger partial charge on any atom is -0.478 e. The third-order valence-electron chi connectivity index (χ3n) is 2.84. The fourth-order valence-corrected chi connectivity index (χ4v) is 1.85. The van der Waals surface area contributed by atoms with Gasteiger partial charge in [-0.05, 0) is 30.7 Å². The predicted octanol–water partition coefficient (Wildman–Crippen LogP) is 2.49. The first-order valence-corrected chi connectivity index (χ1v) is 6.29. The number of anilines is 1. The number of rotatable bonds is 5. The van der Waals surface area contributed by atoms with Crippen molar-refractivity contribution in [3.05, 3.63) is 59.7 Å². The number of aromatic carboxylic acids is 1. The van der Waals surface area contributed by atoms with Crippen molar-refractivity contribution >= 4 is 17.6 Å². The number of carbonyl (C=O) groups excluding carboxylic acids is 1. The summed E-state index contributed by atoms with van der Waals surface area (Å²) >= 11 is 0. The third-order valence-corrected chi connectivity index (χ3v) is 2.84. The maximum absolute atomic E-state index is 13.5. The van der Waals surface area contributed by atoms with Gasteiger partial charge >= 0.3 is 5.97 Å². The summed E-state index contributed by atoms with van der Waals surface area (Å²) in [5, 5.41) is 11.4. The SMILES string of the molecule is O=C(CCc1ccccn1)Nc1cccc(F)c1C(=O)O. The number of carboxylic acid groups (broad SMARTS) is 1. The summed E-state index contributed by atoms with van der Waals surface area (Å²) in [5.74, 6) is -2.70. The van der Waals surface area contributed by atoms with Crippen molar-refractivity contribution in [3.8, 4) is 0 Å². The van der Waals surface area contributed by atoms with Gasteiger partial charge in [-0.3, -0.25) is 9.78 Å². The maximum Gasteiger partial charge on any atom is 0.340 e. The van der Waals surface area contributed by atoms with Crippen molar-refractivity contribution in [1.29, 1.82) is 0 Å². The van der Waals surface area contributed by atoms with Gasteiger partial charge in [-0.2, -0.15) is 0 Å². The van der Waals surface area contributed by atoms with Gasteiger partial charge in [0.1, 0.15) is 11.4 Å². The van der Waals surface area contributed by atoms with E-state index in [-0.39, 0.29) is 12.1 Å². The number of benzene rings is 1. The number of aryl methyl sites for hydroxylation is 1. The van der Waals surface area contributed by atoms with E-state index in [2.05, 4.69) is 10.3 Å². The molecule has 21 heavy (non-hydrogen) atoms. The highest BCUT2D eigenvalue weighted by atomic mass is 19.1. The molecule has 1 heterocycles. The molecule has 108 valence electrons. The lowest BCUT2D eigenvalue weighted by Crippen LogP contribution is -2.16. The molecule has 0 unspecified atom stereocenters. The van der Waals surface area contributed by atoms with E-state index in [4.69, 9.17) is 5.11 Å². The van der Waals surface area contributed by atoms with E-state index < -0.39 is 23.3 Å². The van der Waals surface area contributed by atoms with Gasteiger partial charge < -0.3 is 10.4 Å². The number of pyridine rings is 1. The lowest BCUT2D eigenvalue weighted by molar-refractivity contribution is -0.116. The van der Waals surface area contributed by atoms with Crippen molar-refractivity contribution in [1.82, 2.24) is 4.98 Å². The predicted molar refractivity (Wildman–Crippen MR) is 74.5 cm³/mol. The molecule has 0 saturated heterocycles. The second-order valence-corrected chi connectivity index (χ2v) is 4.34.